The van der Waals surface area contributed by atoms with E-state index in [1.807, 2.05) is 38.7 Å². The zero-order valence-electron chi connectivity index (χ0n) is 15.0. The van der Waals surface area contributed by atoms with Gasteiger partial charge in [-0.2, -0.15) is 0 Å². The predicted octanol–water partition coefficient (Wildman–Crippen LogP) is 4.96. The maximum atomic E-state index is 11.9. The minimum Gasteiger partial charge on any atom is -0.519 e. The molecule has 0 atom stereocenters. The molecule has 0 saturated heterocycles. The van der Waals surface area contributed by atoms with Gasteiger partial charge in [-0.05, 0) is 50.7 Å². The molecule has 1 aromatic carbocycles. The summed E-state index contributed by atoms with van der Waals surface area (Å²) in [6.45, 7) is 10.0. The van der Waals surface area contributed by atoms with Gasteiger partial charge >= 0.3 is 5.97 Å². The predicted molar refractivity (Wildman–Crippen MR) is 106 cm³/mol. The van der Waals surface area contributed by atoms with Crippen LogP contribution in [-0.2, 0) is 9.22 Å². The first-order valence-corrected chi connectivity index (χ1v) is 12.6. The average Bonchev–Trinajstić information content (AvgIpc) is 2.48. The summed E-state index contributed by atoms with van der Waals surface area (Å²) in [7, 11) is -1.89. The Morgan fingerprint density at radius 1 is 1.28 bits per heavy atom. The Labute approximate surface area is 158 Å². The number of hydrogen-bond acceptors (Lipinski definition) is 6. The fourth-order valence-corrected chi connectivity index (χ4v) is 3.77. The summed E-state index contributed by atoms with van der Waals surface area (Å²) in [5, 5.41) is 4.02. The SMILES string of the molecule is Cc1cccc(Nc2cc(Cl)nc(SCC(=O)O[Si](C)(C)C)n2)c1C. The Morgan fingerprint density at radius 3 is 2.68 bits per heavy atom. The van der Waals surface area contributed by atoms with Crippen LogP contribution in [0.5, 0.6) is 0 Å². The Balaban J connectivity index is 2.10. The average molecular weight is 396 g/mol. The number of benzene rings is 1. The van der Waals surface area contributed by atoms with Crippen LogP contribution < -0.4 is 5.32 Å². The van der Waals surface area contributed by atoms with Gasteiger partial charge < -0.3 is 9.74 Å². The largest absolute Gasteiger partial charge is 0.519 e. The lowest BCUT2D eigenvalue weighted by molar-refractivity contribution is -0.132. The lowest BCUT2D eigenvalue weighted by Gasteiger charge is -2.16. The molecule has 0 aliphatic carbocycles. The number of anilines is 2. The van der Waals surface area contributed by atoms with Crippen molar-refractivity contribution < 1.29 is 9.22 Å². The minimum atomic E-state index is -1.89. The number of nitrogens with zero attached hydrogens (tertiary/aromatic N) is 2. The zero-order valence-corrected chi connectivity index (χ0v) is 17.6. The normalized spacial score (nSPS) is 11.3. The summed E-state index contributed by atoms with van der Waals surface area (Å²) in [6.07, 6.45) is 0. The van der Waals surface area contributed by atoms with E-state index in [9.17, 15) is 4.79 Å². The van der Waals surface area contributed by atoms with Gasteiger partial charge in [0, 0.05) is 11.8 Å². The molecule has 5 nitrogen and oxygen atoms in total. The lowest BCUT2D eigenvalue weighted by Crippen LogP contribution is -2.30. The van der Waals surface area contributed by atoms with Crippen molar-refractivity contribution in [3.63, 3.8) is 0 Å². The van der Waals surface area contributed by atoms with E-state index >= 15 is 0 Å². The van der Waals surface area contributed by atoms with Gasteiger partial charge in [-0.3, -0.25) is 4.79 Å². The second-order valence-electron chi connectivity index (χ2n) is 6.61. The fourth-order valence-electron chi connectivity index (χ4n) is 2.04. The molecule has 0 bridgehead atoms. The number of halogens is 1. The van der Waals surface area contributed by atoms with E-state index in [0.29, 0.717) is 16.1 Å². The third kappa shape index (κ3) is 6.34. The molecule has 0 aliphatic heterocycles. The Bertz CT molecular complexity index is 781. The lowest BCUT2D eigenvalue weighted by atomic mass is 10.1. The van der Waals surface area contributed by atoms with Crippen LogP contribution in [0.25, 0.3) is 0 Å². The third-order valence-electron chi connectivity index (χ3n) is 3.28. The molecular weight excluding hydrogens is 374 g/mol. The summed E-state index contributed by atoms with van der Waals surface area (Å²) >= 11 is 7.31. The van der Waals surface area contributed by atoms with Crippen LogP contribution in [0.4, 0.5) is 11.5 Å². The van der Waals surface area contributed by atoms with Gasteiger partial charge in [-0.1, -0.05) is 35.5 Å². The van der Waals surface area contributed by atoms with Gasteiger partial charge in [-0.25, -0.2) is 9.97 Å². The van der Waals surface area contributed by atoms with Gasteiger partial charge in [0.1, 0.15) is 11.0 Å². The molecule has 1 N–H and O–H groups in total. The van der Waals surface area contributed by atoms with E-state index in [0.717, 1.165) is 11.3 Å². The first kappa shape index (κ1) is 19.7. The molecule has 134 valence electrons. The number of carbonyl (C=O) groups is 1. The molecule has 8 heteroatoms. The monoisotopic (exact) mass is 395 g/mol. The number of aromatic nitrogens is 2. The second-order valence-corrected chi connectivity index (χ2v) is 12.4. The van der Waals surface area contributed by atoms with Crippen molar-refractivity contribution in [1.82, 2.24) is 9.97 Å². The number of carbonyl (C=O) groups excluding carboxylic acids is 1. The van der Waals surface area contributed by atoms with Crippen LogP contribution in [0.15, 0.2) is 29.4 Å². The van der Waals surface area contributed by atoms with Crippen molar-refractivity contribution in [2.45, 2.75) is 38.6 Å². The van der Waals surface area contributed by atoms with E-state index in [1.165, 1.54) is 17.3 Å². The first-order valence-electron chi connectivity index (χ1n) is 7.86. The van der Waals surface area contributed by atoms with Gasteiger partial charge in [0.25, 0.3) is 0 Å². The number of hydrogen-bond donors (Lipinski definition) is 1. The minimum absolute atomic E-state index is 0.160. The molecule has 0 amide bonds. The highest BCUT2D eigenvalue weighted by molar-refractivity contribution is 7.99. The van der Waals surface area contributed by atoms with Crippen LogP contribution in [0.3, 0.4) is 0 Å². The highest BCUT2D eigenvalue weighted by Gasteiger charge is 2.20. The summed E-state index contributed by atoms with van der Waals surface area (Å²) in [5.74, 6) is 0.500. The molecule has 1 aromatic heterocycles. The quantitative estimate of drug-likeness (QED) is 0.322. The van der Waals surface area contributed by atoms with Gasteiger partial charge in [0.15, 0.2) is 5.16 Å². The van der Waals surface area contributed by atoms with Crippen molar-refractivity contribution >= 4 is 49.2 Å². The van der Waals surface area contributed by atoms with Crippen molar-refractivity contribution in [1.29, 1.82) is 0 Å². The summed E-state index contributed by atoms with van der Waals surface area (Å²) in [6, 6.07) is 7.68. The Morgan fingerprint density at radius 2 is 2.00 bits per heavy atom. The van der Waals surface area contributed by atoms with Crippen LogP contribution in [0.2, 0.25) is 24.8 Å². The molecule has 0 fully saturated rings. The number of rotatable bonds is 6. The van der Waals surface area contributed by atoms with Crippen molar-refractivity contribution in [2.24, 2.45) is 0 Å². The van der Waals surface area contributed by atoms with E-state index in [-0.39, 0.29) is 11.7 Å². The molecular formula is C17H22ClN3O2SSi. The number of nitrogens with one attached hydrogen (secondary N) is 1. The first-order chi connectivity index (χ1) is 11.6. The number of thioether (sulfide) groups is 1. The standard InChI is InChI=1S/C17H22ClN3O2SSi/c1-11-7-6-8-13(12(11)2)19-15-9-14(18)20-17(21-15)24-10-16(22)23-25(3,4)5/h6-9H,10H2,1-5H3,(H,19,20,21). The van der Waals surface area contributed by atoms with E-state index in [2.05, 4.69) is 28.3 Å². The topological polar surface area (TPSA) is 64.1 Å². The zero-order chi connectivity index (χ0) is 18.6. The van der Waals surface area contributed by atoms with Crippen LogP contribution >= 0.6 is 23.4 Å². The molecule has 0 unspecified atom stereocenters. The smallest absolute Gasteiger partial charge is 0.303 e. The second kappa shape index (κ2) is 8.20. The molecule has 25 heavy (non-hydrogen) atoms. The Hall–Kier alpha value is -1.57. The molecule has 0 spiro atoms. The summed E-state index contributed by atoms with van der Waals surface area (Å²) in [4.78, 5) is 20.5. The van der Waals surface area contributed by atoms with Crippen molar-refractivity contribution in [3.8, 4) is 0 Å². The van der Waals surface area contributed by atoms with Crippen molar-refractivity contribution in [3.05, 3.63) is 40.5 Å². The summed E-state index contributed by atoms with van der Waals surface area (Å²) in [5.41, 5.74) is 3.29. The highest BCUT2D eigenvalue weighted by Crippen LogP contribution is 2.25. The van der Waals surface area contributed by atoms with Crippen LogP contribution in [-0.4, -0.2) is 30.0 Å². The van der Waals surface area contributed by atoms with Gasteiger partial charge in [0.05, 0.1) is 5.75 Å². The summed E-state index contributed by atoms with van der Waals surface area (Å²) < 4.78 is 5.42. The Kier molecular flexibility index (Phi) is 6.48. The van der Waals surface area contributed by atoms with Crippen LogP contribution in [0, 0.1) is 13.8 Å². The number of aryl methyl sites for hydroxylation is 1. The highest BCUT2D eigenvalue weighted by atomic mass is 35.5. The van der Waals surface area contributed by atoms with Gasteiger partial charge in [0.2, 0.25) is 8.32 Å². The molecule has 2 aromatic rings. The molecule has 1 heterocycles. The maximum Gasteiger partial charge on any atom is 0.303 e. The maximum absolute atomic E-state index is 11.9. The molecule has 2 rings (SSSR count). The van der Waals surface area contributed by atoms with E-state index in [4.69, 9.17) is 16.0 Å². The van der Waals surface area contributed by atoms with E-state index in [1.54, 1.807) is 6.07 Å². The fraction of sp³-hybridized carbons (Fsp3) is 0.353. The van der Waals surface area contributed by atoms with Gasteiger partial charge in [-0.15, -0.1) is 0 Å². The third-order valence-corrected chi connectivity index (χ3v) is 5.14. The molecule has 0 saturated carbocycles. The van der Waals surface area contributed by atoms with Crippen molar-refractivity contribution in [2.75, 3.05) is 11.1 Å². The molecule has 0 aliphatic rings. The molecule has 0 radical (unpaired) electrons. The van der Waals surface area contributed by atoms with E-state index < -0.39 is 8.32 Å². The van der Waals surface area contributed by atoms with Crippen LogP contribution in [0.1, 0.15) is 11.1 Å².